The normalized spacial score (nSPS) is 40.4. The molecule has 3 aliphatic rings. The molecule has 1 aliphatic heterocycles. The SMILES string of the molecule is CCNC1Cc2cccc3c2[C@]2(C)[C@H]1C=C[C@H](O)[C@@H]2O3. The molecular formula is C17H21NO2. The summed E-state index contributed by atoms with van der Waals surface area (Å²) < 4.78 is 6.11. The van der Waals surface area contributed by atoms with Crippen LogP contribution in [0.3, 0.4) is 0 Å². The molecule has 0 bridgehead atoms. The van der Waals surface area contributed by atoms with Crippen molar-refractivity contribution >= 4 is 0 Å². The summed E-state index contributed by atoms with van der Waals surface area (Å²) in [5.74, 6) is 1.35. The van der Waals surface area contributed by atoms with Crippen molar-refractivity contribution in [3.63, 3.8) is 0 Å². The third kappa shape index (κ3) is 1.37. The third-order valence-electron chi connectivity index (χ3n) is 5.35. The van der Waals surface area contributed by atoms with E-state index in [1.54, 1.807) is 0 Å². The van der Waals surface area contributed by atoms with Gasteiger partial charge < -0.3 is 15.2 Å². The minimum absolute atomic E-state index is 0.120. The summed E-state index contributed by atoms with van der Waals surface area (Å²) in [6.45, 7) is 5.38. The minimum atomic E-state index is -0.517. The first-order valence-corrected chi connectivity index (χ1v) is 7.55. The van der Waals surface area contributed by atoms with E-state index in [1.165, 1.54) is 11.1 Å². The van der Waals surface area contributed by atoms with Crippen LogP contribution in [0, 0.1) is 5.92 Å². The van der Waals surface area contributed by atoms with Gasteiger partial charge in [0, 0.05) is 22.9 Å². The summed E-state index contributed by atoms with van der Waals surface area (Å²) in [5, 5.41) is 14.0. The van der Waals surface area contributed by atoms with E-state index in [4.69, 9.17) is 4.74 Å². The smallest absolute Gasteiger partial charge is 0.138 e. The first kappa shape index (κ1) is 12.4. The second-order valence-electron chi connectivity index (χ2n) is 6.38. The van der Waals surface area contributed by atoms with Crippen LogP contribution in [0.15, 0.2) is 30.4 Å². The van der Waals surface area contributed by atoms with E-state index in [-0.39, 0.29) is 11.5 Å². The highest BCUT2D eigenvalue weighted by Crippen LogP contribution is 2.56. The van der Waals surface area contributed by atoms with Gasteiger partial charge in [-0.05, 0) is 24.6 Å². The predicted octanol–water partition coefficient (Wildman–Crippen LogP) is 1.79. The van der Waals surface area contributed by atoms with Crippen molar-refractivity contribution in [2.45, 2.75) is 43.9 Å². The Morgan fingerprint density at radius 2 is 2.25 bits per heavy atom. The monoisotopic (exact) mass is 271 g/mol. The van der Waals surface area contributed by atoms with Crippen molar-refractivity contribution in [3.8, 4) is 5.75 Å². The average Bonchev–Trinajstić information content (AvgIpc) is 2.74. The lowest BCUT2D eigenvalue weighted by molar-refractivity contribution is 0.00514. The Hall–Kier alpha value is -1.32. The second-order valence-corrected chi connectivity index (χ2v) is 6.38. The van der Waals surface area contributed by atoms with Gasteiger partial charge in [0.15, 0.2) is 0 Å². The van der Waals surface area contributed by atoms with Gasteiger partial charge in [0.2, 0.25) is 0 Å². The fourth-order valence-corrected chi connectivity index (χ4v) is 4.55. The van der Waals surface area contributed by atoms with Gasteiger partial charge in [0.05, 0.1) is 0 Å². The first-order valence-electron chi connectivity index (χ1n) is 7.55. The van der Waals surface area contributed by atoms with E-state index in [0.717, 1.165) is 18.7 Å². The van der Waals surface area contributed by atoms with Crippen molar-refractivity contribution in [2.24, 2.45) is 5.92 Å². The van der Waals surface area contributed by atoms with Gasteiger partial charge in [-0.3, -0.25) is 0 Å². The van der Waals surface area contributed by atoms with E-state index >= 15 is 0 Å². The Balaban J connectivity index is 1.92. The molecule has 1 aromatic carbocycles. The minimum Gasteiger partial charge on any atom is -0.486 e. The highest BCUT2D eigenvalue weighted by molar-refractivity contribution is 5.55. The Morgan fingerprint density at radius 1 is 1.40 bits per heavy atom. The molecule has 3 heteroatoms. The van der Waals surface area contributed by atoms with Crippen LogP contribution in [0.5, 0.6) is 5.75 Å². The molecule has 0 aromatic heterocycles. The number of hydrogen-bond donors (Lipinski definition) is 2. The van der Waals surface area contributed by atoms with Gasteiger partial charge in [-0.15, -0.1) is 0 Å². The molecule has 1 unspecified atom stereocenters. The highest BCUT2D eigenvalue weighted by Gasteiger charge is 2.58. The van der Waals surface area contributed by atoms with E-state index in [0.29, 0.717) is 12.0 Å². The zero-order valence-electron chi connectivity index (χ0n) is 12.0. The van der Waals surface area contributed by atoms with Crippen LogP contribution in [0.2, 0.25) is 0 Å². The molecule has 0 saturated carbocycles. The molecular weight excluding hydrogens is 250 g/mol. The van der Waals surface area contributed by atoms with E-state index in [2.05, 4.69) is 37.4 Å². The lowest BCUT2D eigenvalue weighted by Crippen LogP contribution is -2.58. The molecule has 2 N–H and O–H groups in total. The van der Waals surface area contributed by atoms with E-state index < -0.39 is 6.10 Å². The largest absolute Gasteiger partial charge is 0.486 e. The summed E-state index contributed by atoms with van der Waals surface area (Å²) in [4.78, 5) is 0. The van der Waals surface area contributed by atoms with Crippen LogP contribution in [0.25, 0.3) is 0 Å². The Bertz CT molecular complexity index is 582. The Labute approximate surface area is 119 Å². The van der Waals surface area contributed by atoms with Crippen LogP contribution in [0.1, 0.15) is 25.0 Å². The third-order valence-corrected chi connectivity index (χ3v) is 5.35. The zero-order valence-corrected chi connectivity index (χ0v) is 12.0. The summed E-state index contributed by atoms with van der Waals surface area (Å²) in [6.07, 6.45) is 4.47. The second kappa shape index (κ2) is 4.09. The fourth-order valence-electron chi connectivity index (χ4n) is 4.55. The summed E-state index contributed by atoms with van der Waals surface area (Å²) in [6, 6.07) is 6.74. The number of aliphatic hydroxyl groups is 1. The maximum atomic E-state index is 10.3. The molecule has 20 heavy (non-hydrogen) atoms. The standard InChI is InChI=1S/C17H21NO2/c1-3-18-12-9-10-5-4-6-14-15(10)17(2)11(12)7-8-13(19)16(17)20-14/h4-8,11-13,16,18-19H,3,9H2,1-2H3/t11-,12?,13-,16-,17-/m0/s1. The maximum Gasteiger partial charge on any atom is 0.138 e. The van der Waals surface area contributed by atoms with Crippen LogP contribution >= 0.6 is 0 Å². The average molecular weight is 271 g/mol. The lowest BCUT2D eigenvalue weighted by Gasteiger charge is -2.48. The number of benzene rings is 1. The number of hydrogen-bond acceptors (Lipinski definition) is 3. The van der Waals surface area contributed by atoms with Crippen molar-refractivity contribution in [1.82, 2.24) is 5.32 Å². The number of nitrogens with one attached hydrogen (secondary N) is 1. The van der Waals surface area contributed by atoms with E-state index in [9.17, 15) is 5.11 Å². The molecule has 0 spiro atoms. The molecule has 0 radical (unpaired) electrons. The number of rotatable bonds is 2. The molecule has 0 amide bonds. The lowest BCUT2D eigenvalue weighted by atomic mass is 9.57. The van der Waals surface area contributed by atoms with Crippen LogP contribution < -0.4 is 10.1 Å². The Morgan fingerprint density at radius 3 is 3.05 bits per heavy atom. The quantitative estimate of drug-likeness (QED) is 0.806. The number of likely N-dealkylation sites (N-methyl/N-ethyl adjacent to an activating group) is 1. The van der Waals surface area contributed by atoms with Gasteiger partial charge >= 0.3 is 0 Å². The molecule has 1 aromatic rings. The van der Waals surface area contributed by atoms with Crippen LogP contribution in [-0.4, -0.2) is 29.9 Å². The highest BCUT2D eigenvalue weighted by atomic mass is 16.5. The van der Waals surface area contributed by atoms with Crippen molar-refractivity contribution in [3.05, 3.63) is 41.5 Å². The van der Waals surface area contributed by atoms with Gasteiger partial charge in [-0.25, -0.2) is 0 Å². The molecule has 3 nitrogen and oxygen atoms in total. The fraction of sp³-hybridized carbons (Fsp3) is 0.529. The summed E-state index contributed by atoms with van der Waals surface area (Å²) in [7, 11) is 0. The molecule has 0 saturated heterocycles. The topological polar surface area (TPSA) is 41.5 Å². The maximum absolute atomic E-state index is 10.3. The van der Waals surface area contributed by atoms with Gasteiger partial charge in [-0.1, -0.05) is 38.1 Å². The van der Waals surface area contributed by atoms with Gasteiger partial charge in [-0.2, -0.15) is 0 Å². The van der Waals surface area contributed by atoms with Crippen molar-refractivity contribution in [2.75, 3.05) is 6.54 Å². The van der Waals surface area contributed by atoms with Crippen molar-refractivity contribution < 1.29 is 9.84 Å². The summed E-state index contributed by atoms with van der Waals surface area (Å²) in [5.41, 5.74) is 2.58. The molecule has 106 valence electrons. The van der Waals surface area contributed by atoms with Gasteiger partial charge in [0.25, 0.3) is 0 Å². The summed E-state index contributed by atoms with van der Waals surface area (Å²) >= 11 is 0. The predicted molar refractivity (Wildman–Crippen MR) is 78.0 cm³/mol. The molecule has 2 aliphatic carbocycles. The van der Waals surface area contributed by atoms with Crippen molar-refractivity contribution in [1.29, 1.82) is 0 Å². The zero-order chi connectivity index (χ0) is 13.9. The number of aliphatic hydroxyl groups excluding tert-OH is 1. The first-order chi connectivity index (χ1) is 9.66. The molecule has 5 atom stereocenters. The molecule has 0 fully saturated rings. The van der Waals surface area contributed by atoms with Crippen LogP contribution in [-0.2, 0) is 11.8 Å². The van der Waals surface area contributed by atoms with Gasteiger partial charge in [0.1, 0.15) is 18.0 Å². The molecule has 1 heterocycles. The van der Waals surface area contributed by atoms with E-state index in [1.807, 2.05) is 12.1 Å². The molecule has 4 rings (SSSR count). The van der Waals surface area contributed by atoms with Crippen LogP contribution in [0.4, 0.5) is 0 Å². The number of ether oxygens (including phenoxy) is 1. The Kier molecular flexibility index (Phi) is 2.54.